The normalized spacial score (nSPS) is 11.3. The molecule has 3 rings (SSSR count). The maximum absolute atomic E-state index is 2.29. The van der Waals surface area contributed by atoms with Gasteiger partial charge in [-0.1, -0.05) is 60.7 Å². The first kappa shape index (κ1) is 12.7. The van der Waals surface area contributed by atoms with E-state index in [1.165, 1.54) is 33.0 Å². The maximum Gasteiger partial charge on any atom is -0.0148 e. The van der Waals surface area contributed by atoms with E-state index >= 15 is 0 Å². The van der Waals surface area contributed by atoms with Crippen molar-refractivity contribution in [3.05, 3.63) is 77.9 Å². The molecule has 0 aromatic heterocycles. The minimum absolute atomic E-state index is 1.25. The zero-order chi connectivity index (χ0) is 13.9. The lowest BCUT2D eigenvalue weighted by Crippen LogP contribution is -1.85. The number of benzene rings is 3. The average Bonchev–Trinajstić information content (AvgIpc) is 2.47. The van der Waals surface area contributed by atoms with Gasteiger partial charge in [0.2, 0.25) is 0 Å². The average molecular weight is 258 g/mol. The van der Waals surface area contributed by atoms with Crippen LogP contribution in [0.4, 0.5) is 0 Å². The highest BCUT2D eigenvalue weighted by molar-refractivity contribution is 5.89. The van der Waals surface area contributed by atoms with Crippen molar-refractivity contribution in [2.24, 2.45) is 0 Å². The van der Waals surface area contributed by atoms with Crippen molar-refractivity contribution in [2.45, 2.75) is 13.8 Å². The van der Waals surface area contributed by atoms with Gasteiger partial charge in [-0.05, 0) is 59.0 Å². The Labute approximate surface area is 120 Å². The summed E-state index contributed by atoms with van der Waals surface area (Å²) in [6.45, 7) is 4.23. The number of allylic oxidation sites excluding steroid dienone is 1. The first-order valence-electron chi connectivity index (χ1n) is 7.00. The molecule has 0 atom stereocenters. The molecule has 3 aromatic carbocycles. The molecule has 0 heteroatoms. The van der Waals surface area contributed by atoms with Crippen LogP contribution in [0.1, 0.15) is 18.1 Å². The fraction of sp³-hybridized carbons (Fsp3) is 0.100. The zero-order valence-corrected chi connectivity index (χ0v) is 11.9. The summed E-state index contributed by atoms with van der Waals surface area (Å²) in [5, 5.41) is 2.60. The Kier molecular flexibility index (Phi) is 3.39. The number of hydrogen-bond donors (Lipinski definition) is 0. The minimum atomic E-state index is 1.25. The second-order valence-corrected chi connectivity index (χ2v) is 5.14. The van der Waals surface area contributed by atoms with E-state index in [-0.39, 0.29) is 0 Å². The monoisotopic (exact) mass is 258 g/mol. The second-order valence-electron chi connectivity index (χ2n) is 5.14. The van der Waals surface area contributed by atoms with Gasteiger partial charge >= 0.3 is 0 Å². The van der Waals surface area contributed by atoms with Crippen molar-refractivity contribution in [3.8, 4) is 11.1 Å². The van der Waals surface area contributed by atoms with E-state index in [9.17, 15) is 0 Å². The fourth-order valence-corrected chi connectivity index (χ4v) is 2.67. The smallest absolute Gasteiger partial charge is 0.0148 e. The van der Waals surface area contributed by atoms with Crippen LogP contribution in [-0.4, -0.2) is 0 Å². The van der Waals surface area contributed by atoms with E-state index in [4.69, 9.17) is 0 Å². The molecule has 0 aliphatic carbocycles. The molecular weight excluding hydrogens is 240 g/mol. The Balaban J connectivity index is 2.18. The van der Waals surface area contributed by atoms with Crippen molar-refractivity contribution in [2.75, 3.05) is 0 Å². The van der Waals surface area contributed by atoms with Crippen LogP contribution in [0, 0.1) is 6.92 Å². The van der Waals surface area contributed by atoms with Crippen LogP contribution in [0.25, 0.3) is 28.0 Å². The van der Waals surface area contributed by atoms with Gasteiger partial charge in [0.05, 0.1) is 0 Å². The molecule has 0 N–H and O–H groups in total. The van der Waals surface area contributed by atoms with Gasteiger partial charge in [-0.3, -0.25) is 0 Å². The van der Waals surface area contributed by atoms with Crippen molar-refractivity contribution in [1.82, 2.24) is 0 Å². The summed E-state index contributed by atoms with van der Waals surface area (Å²) < 4.78 is 0. The lowest BCUT2D eigenvalue weighted by atomic mass is 9.95. The highest BCUT2D eigenvalue weighted by atomic mass is 14.1. The Morgan fingerprint density at radius 1 is 0.800 bits per heavy atom. The molecule has 0 heterocycles. The molecule has 0 nitrogen and oxygen atoms in total. The molecule has 0 fully saturated rings. The van der Waals surface area contributed by atoms with Gasteiger partial charge in [0.1, 0.15) is 0 Å². The Bertz CT molecular complexity index is 779. The van der Waals surface area contributed by atoms with Crippen molar-refractivity contribution in [1.29, 1.82) is 0 Å². The third-order valence-corrected chi connectivity index (χ3v) is 3.65. The summed E-state index contributed by atoms with van der Waals surface area (Å²) in [6, 6.07) is 21.8. The highest BCUT2D eigenvalue weighted by Gasteiger charge is 2.04. The molecule has 0 spiro atoms. The highest BCUT2D eigenvalue weighted by Crippen LogP contribution is 2.29. The topological polar surface area (TPSA) is 0 Å². The molecule has 0 bridgehead atoms. The standard InChI is InChI=1S/C20H18/c1-3-7-16-8-6-11-19(13-16)20-14-18-10-5-4-9-17(18)12-15(20)2/h3-14H,1-2H3/b7-3+. The third-order valence-electron chi connectivity index (χ3n) is 3.65. The summed E-state index contributed by atoms with van der Waals surface area (Å²) in [4.78, 5) is 0. The van der Waals surface area contributed by atoms with Crippen LogP contribution >= 0.6 is 0 Å². The zero-order valence-electron chi connectivity index (χ0n) is 11.9. The molecule has 0 aliphatic heterocycles. The van der Waals surface area contributed by atoms with Gasteiger partial charge in [0, 0.05) is 0 Å². The minimum Gasteiger partial charge on any atom is -0.0871 e. The molecule has 0 saturated heterocycles. The number of rotatable bonds is 2. The van der Waals surface area contributed by atoms with Crippen molar-refractivity contribution >= 4 is 16.8 Å². The molecule has 0 amide bonds. The van der Waals surface area contributed by atoms with E-state index in [0.29, 0.717) is 0 Å². The molecular formula is C20H18. The Morgan fingerprint density at radius 3 is 2.30 bits per heavy atom. The molecule has 20 heavy (non-hydrogen) atoms. The fourth-order valence-electron chi connectivity index (χ4n) is 2.67. The number of fused-ring (bicyclic) bond motifs is 1. The number of aryl methyl sites for hydroxylation is 1. The molecule has 0 unspecified atom stereocenters. The van der Waals surface area contributed by atoms with Crippen LogP contribution in [-0.2, 0) is 0 Å². The van der Waals surface area contributed by atoms with Crippen molar-refractivity contribution in [3.63, 3.8) is 0 Å². The summed E-state index contributed by atoms with van der Waals surface area (Å²) in [7, 11) is 0. The lowest BCUT2D eigenvalue weighted by Gasteiger charge is -2.09. The molecule has 3 aromatic rings. The molecule has 0 saturated carbocycles. The Hall–Kier alpha value is -2.34. The van der Waals surface area contributed by atoms with Gasteiger partial charge in [-0.15, -0.1) is 0 Å². The SMILES string of the molecule is C/C=C/c1cccc(-c2cc3ccccc3cc2C)c1. The summed E-state index contributed by atoms with van der Waals surface area (Å²) in [5.41, 5.74) is 5.16. The van der Waals surface area contributed by atoms with Gasteiger partial charge in [0.15, 0.2) is 0 Å². The van der Waals surface area contributed by atoms with Crippen LogP contribution in [0.3, 0.4) is 0 Å². The van der Waals surface area contributed by atoms with Gasteiger partial charge in [0.25, 0.3) is 0 Å². The first-order chi connectivity index (χ1) is 9.78. The van der Waals surface area contributed by atoms with E-state index in [0.717, 1.165) is 0 Å². The van der Waals surface area contributed by atoms with Gasteiger partial charge in [-0.2, -0.15) is 0 Å². The van der Waals surface area contributed by atoms with Crippen LogP contribution in [0.2, 0.25) is 0 Å². The lowest BCUT2D eigenvalue weighted by molar-refractivity contribution is 1.48. The summed E-state index contributed by atoms with van der Waals surface area (Å²) in [5.74, 6) is 0. The van der Waals surface area contributed by atoms with E-state index in [2.05, 4.69) is 79.7 Å². The van der Waals surface area contributed by atoms with Crippen LogP contribution in [0.5, 0.6) is 0 Å². The predicted molar refractivity (Wildman–Crippen MR) is 88.8 cm³/mol. The van der Waals surface area contributed by atoms with Gasteiger partial charge < -0.3 is 0 Å². The second kappa shape index (κ2) is 5.34. The summed E-state index contributed by atoms with van der Waals surface area (Å²) >= 11 is 0. The molecule has 0 aliphatic rings. The number of hydrogen-bond acceptors (Lipinski definition) is 0. The molecule has 0 radical (unpaired) electrons. The summed E-state index contributed by atoms with van der Waals surface area (Å²) in [6.07, 6.45) is 4.21. The molecule has 98 valence electrons. The van der Waals surface area contributed by atoms with E-state index in [1.54, 1.807) is 0 Å². The third kappa shape index (κ3) is 2.37. The quantitative estimate of drug-likeness (QED) is 0.541. The maximum atomic E-state index is 2.29. The van der Waals surface area contributed by atoms with Crippen molar-refractivity contribution < 1.29 is 0 Å². The van der Waals surface area contributed by atoms with Crippen LogP contribution < -0.4 is 0 Å². The van der Waals surface area contributed by atoms with E-state index in [1.807, 2.05) is 6.92 Å². The van der Waals surface area contributed by atoms with Gasteiger partial charge in [-0.25, -0.2) is 0 Å². The predicted octanol–water partition coefficient (Wildman–Crippen LogP) is 5.85. The van der Waals surface area contributed by atoms with Crippen LogP contribution in [0.15, 0.2) is 66.7 Å². The largest absolute Gasteiger partial charge is 0.0871 e. The first-order valence-corrected chi connectivity index (χ1v) is 7.00. The Morgan fingerprint density at radius 2 is 1.55 bits per heavy atom. The van der Waals surface area contributed by atoms with E-state index < -0.39 is 0 Å².